The van der Waals surface area contributed by atoms with Gasteiger partial charge < -0.3 is 15.8 Å². The summed E-state index contributed by atoms with van der Waals surface area (Å²) in [5.41, 5.74) is 9.31. The Labute approximate surface area is 123 Å². The Hall–Kier alpha value is -2.20. The standard InChI is InChI=1S/C15H16ClN3O/c1-10-3-6-12(7-4-10)19(2)14-8-5-11(16)9-13(14)15(17)18-20/h3-9,20H,1-2H3,(H2,17,18). The largest absolute Gasteiger partial charge is 0.409 e. The van der Waals surface area contributed by atoms with E-state index in [2.05, 4.69) is 5.16 Å². The van der Waals surface area contributed by atoms with Crippen LogP contribution >= 0.6 is 11.6 Å². The first kappa shape index (κ1) is 14.2. The summed E-state index contributed by atoms with van der Waals surface area (Å²) in [5.74, 6) is 0.0291. The molecule has 2 rings (SSSR count). The molecule has 0 aliphatic carbocycles. The van der Waals surface area contributed by atoms with Crippen LogP contribution in [0.15, 0.2) is 47.6 Å². The number of hydrogen-bond acceptors (Lipinski definition) is 3. The Balaban J connectivity index is 2.49. The average Bonchev–Trinajstić information content (AvgIpc) is 2.46. The number of rotatable bonds is 3. The molecule has 3 N–H and O–H groups in total. The molecule has 0 saturated heterocycles. The molecular formula is C15H16ClN3O. The molecule has 0 amide bonds. The lowest BCUT2D eigenvalue weighted by Crippen LogP contribution is -2.19. The topological polar surface area (TPSA) is 61.8 Å². The molecule has 0 bridgehead atoms. The number of nitrogens with two attached hydrogens (primary N) is 1. The zero-order valence-electron chi connectivity index (χ0n) is 11.3. The van der Waals surface area contributed by atoms with Gasteiger partial charge in [0.2, 0.25) is 0 Å². The second-order valence-electron chi connectivity index (χ2n) is 4.54. The molecule has 0 fully saturated rings. The second kappa shape index (κ2) is 5.84. The van der Waals surface area contributed by atoms with Crippen LogP contribution in [0.3, 0.4) is 0 Å². The van der Waals surface area contributed by atoms with Gasteiger partial charge in [-0.25, -0.2) is 0 Å². The van der Waals surface area contributed by atoms with Crippen LogP contribution in [0, 0.1) is 6.92 Å². The van der Waals surface area contributed by atoms with Crippen LogP contribution in [0.25, 0.3) is 0 Å². The van der Waals surface area contributed by atoms with Gasteiger partial charge in [-0.1, -0.05) is 34.5 Å². The van der Waals surface area contributed by atoms with Gasteiger partial charge in [0.25, 0.3) is 0 Å². The maximum Gasteiger partial charge on any atom is 0.172 e. The van der Waals surface area contributed by atoms with Gasteiger partial charge in [-0.2, -0.15) is 0 Å². The van der Waals surface area contributed by atoms with Gasteiger partial charge in [-0.3, -0.25) is 0 Å². The predicted octanol–water partition coefficient (Wildman–Crippen LogP) is 3.51. The van der Waals surface area contributed by atoms with E-state index in [9.17, 15) is 0 Å². The molecule has 4 nitrogen and oxygen atoms in total. The van der Waals surface area contributed by atoms with E-state index >= 15 is 0 Å². The molecule has 0 radical (unpaired) electrons. The molecule has 5 heteroatoms. The maximum absolute atomic E-state index is 8.89. The summed E-state index contributed by atoms with van der Waals surface area (Å²) in [6.45, 7) is 2.04. The number of oxime groups is 1. The van der Waals surface area contributed by atoms with Gasteiger partial charge in [0, 0.05) is 23.3 Å². The van der Waals surface area contributed by atoms with Gasteiger partial charge in [-0.05, 0) is 37.3 Å². The van der Waals surface area contributed by atoms with E-state index in [-0.39, 0.29) is 5.84 Å². The summed E-state index contributed by atoms with van der Waals surface area (Å²) < 4.78 is 0. The molecule has 0 aliphatic heterocycles. The van der Waals surface area contributed by atoms with E-state index in [0.29, 0.717) is 10.6 Å². The van der Waals surface area contributed by atoms with Crippen molar-refractivity contribution in [3.05, 3.63) is 58.6 Å². The van der Waals surface area contributed by atoms with Crippen LogP contribution in [-0.2, 0) is 0 Å². The SMILES string of the molecule is Cc1ccc(N(C)c2ccc(Cl)cc2C(N)=NO)cc1. The van der Waals surface area contributed by atoms with Gasteiger partial charge in [0.1, 0.15) is 0 Å². The van der Waals surface area contributed by atoms with E-state index in [4.69, 9.17) is 22.5 Å². The van der Waals surface area contributed by atoms with Gasteiger partial charge >= 0.3 is 0 Å². The average molecular weight is 290 g/mol. The van der Waals surface area contributed by atoms with Crippen molar-refractivity contribution in [3.63, 3.8) is 0 Å². The van der Waals surface area contributed by atoms with Crippen molar-refractivity contribution in [2.45, 2.75) is 6.92 Å². The molecule has 104 valence electrons. The minimum atomic E-state index is 0.0291. The first-order valence-electron chi connectivity index (χ1n) is 6.11. The highest BCUT2D eigenvalue weighted by atomic mass is 35.5. The predicted molar refractivity (Wildman–Crippen MR) is 83.2 cm³/mol. The van der Waals surface area contributed by atoms with Crippen LogP contribution in [0.2, 0.25) is 5.02 Å². The molecule has 0 saturated carbocycles. The summed E-state index contributed by atoms with van der Waals surface area (Å²) in [4.78, 5) is 1.96. The third kappa shape index (κ3) is 2.86. The smallest absolute Gasteiger partial charge is 0.172 e. The fraction of sp³-hybridized carbons (Fsp3) is 0.133. The van der Waals surface area contributed by atoms with Crippen LogP contribution in [0.1, 0.15) is 11.1 Å². The summed E-state index contributed by atoms with van der Waals surface area (Å²) in [6.07, 6.45) is 0. The van der Waals surface area contributed by atoms with Crippen molar-refractivity contribution in [3.8, 4) is 0 Å². The van der Waals surface area contributed by atoms with Crippen LogP contribution in [0.5, 0.6) is 0 Å². The van der Waals surface area contributed by atoms with Crippen LogP contribution in [0.4, 0.5) is 11.4 Å². The van der Waals surface area contributed by atoms with E-state index in [0.717, 1.165) is 11.4 Å². The Morgan fingerprint density at radius 2 is 1.85 bits per heavy atom. The number of anilines is 2. The van der Waals surface area contributed by atoms with Gasteiger partial charge in [0.05, 0.1) is 5.69 Å². The van der Waals surface area contributed by atoms with Gasteiger partial charge in [-0.15, -0.1) is 0 Å². The minimum Gasteiger partial charge on any atom is -0.409 e. The van der Waals surface area contributed by atoms with Crippen molar-refractivity contribution in [1.29, 1.82) is 0 Å². The maximum atomic E-state index is 8.89. The van der Waals surface area contributed by atoms with Crippen molar-refractivity contribution in [2.75, 3.05) is 11.9 Å². The number of nitrogens with zero attached hydrogens (tertiary/aromatic N) is 2. The third-order valence-electron chi connectivity index (χ3n) is 3.12. The number of hydrogen-bond donors (Lipinski definition) is 2. The highest BCUT2D eigenvalue weighted by Crippen LogP contribution is 2.29. The lowest BCUT2D eigenvalue weighted by atomic mass is 10.1. The minimum absolute atomic E-state index is 0.0291. The van der Waals surface area contributed by atoms with Crippen molar-refractivity contribution in [2.24, 2.45) is 10.9 Å². The molecule has 0 aliphatic rings. The first-order valence-corrected chi connectivity index (χ1v) is 6.48. The molecule has 2 aromatic rings. The number of halogens is 1. The molecule has 20 heavy (non-hydrogen) atoms. The molecule has 0 spiro atoms. The Kier molecular flexibility index (Phi) is 4.15. The summed E-state index contributed by atoms with van der Waals surface area (Å²) in [6, 6.07) is 13.4. The first-order chi connectivity index (χ1) is 9.52. The monoisotopic (exact) mass is 289 g/mol. The van der Waals surface area contributed by atoms with E-state index in [1.165, 1.54) is 5.56 Å². The fourth-order valence-electron chi connectivity index (χ4n) is 1.97. The van der Waals surface area contributed by atoms with E-state index < -0.39 is 0 Å². The van der Waals surface area contributed by atoms with Crippen LogP contribution < -0.4 is 10.6 Å². The van der Waals surface area contributed by atoms with Crippen LogP contribution in [-0.4, -0.2) is 18.1 Å². The van der Waals surface area contributed by atoms with Crippen molar-refractivity contribution >= 4 is 28.8 Å². The Morgan fingerprint density at radius 3 is 2.45 bits per heavy atom. The Bertz CT molecular complexity index is 638. The van der Waals surface area contributed by atoms with Crippen molar-refractivity contribution < 1.29 is 5.21 Å². The molecule has 0 atom stereocenters. The van der Waals surface area contributed by atoms with Gasteiger partial charge in [0.15, 0.2) is 5.84 Å². The quantitative estimate of drug-likeness (QED) is 0.393. The number of aryl methyl sites for hydroxylation is 1. The zero-order valence-corrected chi connectivity index (χ0v) is 12.1. The lowest BCUT2D eigenvalue weighted by molar-refractivity contribution is 0.318. The molecule has 2 aromatic carbocycles. The number of amidine groups is 1. The van der Waals surface area contributed by atoms with Crippen molar-refractivity contribution in [1.82, 2.24) is 0 Å². The Morgan fingerprint density at radius 1 is 1.20 bits per heavy atom. The second-order valence-corrected chi connectivity index (χ2v) is 4.98. The lowest BCUT2D eigenvalue weighted by Gasteiger charge is -2.22. The molecule has 0 heterocycles. The normalized spacial score (nSPS) is 11.4. The molecule has 0 aromatic heterocycles. The fourth-order valence-corrected chi connectivity index (χ4v) is 2.14. The summed E-state index contributed by atoms with van der Waals surface area (Å²) >= 11 is 5.98. The third-order valence-corrected chi connectivity index (χ3v) is 3.36. The summed E-state index contributed by atoms with van der Waals surface area (Å²) in [7, 11) is 1.92. The number of benzene rings is 2. The highest BCUT2D eigenvalue weighted by Gasteiger charge is 2.13. The zero-order chi connectivity index (χ0) is 14.7. The molecular weight excluding hydrogens is 274 g/mol. The van der Waals surface area contributed by atoms with E-state index in [1.54, 1.807) is 12.1 Å². The summed E-state index contributed by atoms with van der Waals surface area (Å²) in [5, 5.41) is 12.5. The molecule has 0 unspecified atom stereocenters. The highest BCUT2D eigenvalue weighted by molar-refractivity contribution is 6.31. The van der Waals surface area contributed by atoms with E-state index in [1.807, 2.05) is 49.2 Å².